The average Bonchev–Trinajstić information content (AvgIpc) is 2.92. The zero-order valence-corrected chi connectivity index (χ0v) is 14.0. The van der Waals surface area contributed by atoms with Crippen molar-refractivity contribution in [2.45, 2.75) is 11.8 Å². The van der Waals surface area contributed by atoms with Gasteiger partial charge in [0.05, 0.1) is 10.6 Å². The minimum absolute atomic E-state index is 0.0209. The highest BCUT2D eigenvalue weighted by Gasteiger charge is 2.16. The Morgan fingerprint density at radius 2 is 2.08 bits per heavy atom. The SMILES string of the molecule is Cc1cc(NS(=O)(=O)c2ccc(N/N=C(\C#N)C(N)=S)cc2)no1. The normalized spacial score (nSPS) is 11.6. The third kappa shape index (κ3) is 4.28. The number of hydrazone groups is 1. The molecule has 4 N–H and O–H groups in total. The summed E-state index contributed by atoms with van der Waals surface area (Å²) in [6.45, 7) is 1.65. The summed E-state index contributed by atoms with van der Waals surface area (Å²) in [5, 5.41) is 16.1. The first-order chi connectivity index (χ1) is 11.3. The van der Waals surface area contributed by atoms with Gasteiger partial charge in [-0.05, 0) is 31.2 Å². The van der Waals surface area contributed by atoms with Gasteiger partial charge >= 0.3 is 0 Å². The second-order valence-electron chi connectivity index (χ2n) is 4.50. The van der Waals surface area contributed by atoms with Crippen molar-refractivity contribution in [3.05, 3.63) is 36.1 Å². The second-order valence-corrected chi connectivity index (χ2v) is 6.62. The number of nitrogens with one attached hydrogen (secondary N) is 2. The zero-order valence-electron chi connectivity index (χ0n) is 12.3. The Hall–Kier alpha value is -2.97. The number of hydrogen-bond donors (Lipinski definition) is 3. The lowest BCUT2D eigenvalue weighted by molar-refractivity contribution is 0.400. The molecule has 0 amide bonds. The van der Waals surface area contributed by atoms with Crippen molar-refractivity contribution in [1.82, 2.24) is 5.16 Å². The highest BCUT2D eigenvalue weighted by Crippen LogP contribution is 2.18. The van der Waals surface area contributed by atoms with E-state index in [1.54, 1.807) is 13.0 Å². The molecule has 1 heterocycles. The quantitative estimate of drug-likeness (QED) is 0.395. The summed E-state index contributed by atoms with van der Waals surface area (Å²) in [5.74, 6) is 0.575. The maximum atomic E-state index is 12.2. The zero-order chi connectivity index (χ0) is 17.7. The van der Waals surface area contributed by atoms with Crippen LogP contribution in [0.25, 0.3) is 0 Å². The first kappa shape index (κ1) is 17.4. The predicted octanol–water partition coefficient (Wildman–Crippen LogP) is 1.36. The number of hydrogen-bond acceptors (Lipinski definition) is 8. The molecule has 0 fully saturated rings. The second kappa shape index (κ2) is 7.07. The van der Waals surface area contributed by atoms with Crippen molar-refractivity contribution < 1.29 is 12.9 Å². The van der Waals surface area contributed by atoms with Gasteiger partial charge in [0.2, 0.25) is 0 Å². The van der Waals surface area contributed by atoms with Crippen LogP contribution in [0.3, 0.4) is 0 Å². The lowest BCUT2D eigenvalue weighted by Crippen LogP contribution is -2.20. The lowest BCUT2D eigenvalue weighted by Gasteiger charge is -2.06. The number of aryl methyl sites for hydroxylation is 1. The maximum absolute atomic E-state index is 12.2. The summed E-state index contributed by atoms with van der Waals surface area (Å²) in [5.41, 5.74) is 8.19. The van der Waals surface area contributed by atoms with Crippen LogP contribution in [-0.2, 0) is 10.0 Å². The number of aromatic nitrogens is 1. The molecule has 9 nitrogen and oxygen atoms in total. The Morgan fingerprint density at radius 1 is 1.42 bits per heavy atom. The van der Waals surface area contributed by atoms with Crippen LogP contribution in [0.1, 0.15) is 5.76 Å². The van der Waals surface area contributed by atoms with Crippen molar-refractivity contribution in [2.75, 3.05) is 10.1 Å². The molecule has 0 aliphatic heterocycles. The Morgan fingerprint density at radius 3 is 2.58 bits per heavy atom. The molecule has 0 radical (unpaired) electrons. The number of sulfonamides is 1. The average molecular weight is 364 g/mol. The van der Waals surface area contributed by atoms with Gasteiger partial charge in [-0.2, -0.15) is 10.4 Å². The van der Waals surface area contributed by atoms with E-state index >= 15 is 0 Å². The van der Waals surface area contributed by atoms with Crippen LogP contribution in [0.2, 0.25) is 0 Å². The van der Waals surface area contributed by atoms with Gasteiger partial charge < -0.3 is 10.3 Å². The number of nitriles is 1. The molecule has 0 aliphatic rings. The molecule has 0 bridgehead atoms. The third-order valence-electron chi connectivity index (χ3n) is 2.67. The number of benzene rings is 1. The molecule has 1 aromatic heterocycles. The molecule has 1 aromatic carbocycles. The van der Waals surface area contributed by atoms with Gasteiger partial charge in [0.25, 0.3) is 10.0 Å². The van der Waals surface area contributed by atoms with Crippen LogP contribution in [0.4, 0.5) is 11.5 Å². The predicted molar refractivity (Wildman–Crippen MR) is 91.9 cm³/mol. The molecule has 0 aliphatic carbocycles. The van der Waals surface area contributed by atoms with Crippen LogP contribution in [0, 0.1) is 18.3 Å². The molecule has 0 spiro atoms. The van der Waals surface area contributed by atoms with Crippen molar-refractivity contribution in [1.29, 1.82) is 5.26 Å². The molecule has 124 valence electrons. The number of anilines is 2. The molecule has 0 atom stereocenters. The van der Waals surface area contributed by atoms with Crippen molar-refractivity contribution >= 4 is 44.4 Å². The van der Waals surface area contributed by atoms with Crippen molar-refractivity contribution in [3.8, 4) is 6.07 Å². The van der Waals surface area contributed by atoms with E-state index < -0.39 is 10.0 Å². The van der Waals surface area contributed by atoms with E-state index in [9.17, 15) is 8.42 Å². The van der Waals surface area contributed by atoms with Crippen LogP contribution in [0.5, 0.6) is 0 Å². The molecule has 0 saturated carbocycles. The fraction of sp³-hybridized carbons (Fsp3) is 0.0769. The largest absolute Gasteiger partial charge is 0.387 e. The molecule has 2 rings (SSSR count). The van der Waals surface area contributed by atoms with Crippen molar-refractivity contribution in [3.63, 3.8) is 0 Å². The Labute approximate surface area is 143 Å². The van der Waals surface area contributed by atoms with E-state index in [1.165, 1.54) is 30.3 Å². The van der Waals surface area contributed by atoms with E-state index in [2.05, 4.69) is 32.6 Å². The molecular weight excluding hydrogens is 352 g/mol. The topological polar surface area (TPSA) is 146 Å². The summed E-state index contributed by atoms with van der Waals surface area (Å²) in [6, 6.07) is 8.86. The van der Waals surface area contributed by atoms with E-state index in [1.807, 2.05) is 0 Å². The number of nitrogens with zero attached hydrogens (tertiary/aromatic N) is 3. The van der Waals surface area contributed by atoms with Crippen LogP contribution < -0.4 is 15.9 Å². The van der Waals surface area contributed by atoms with Crippen molar-refractivity contribution in [2.24, 2.45) is 10.8 Å². The van der Waals surface area contributed by atoms with Gasteiger partial charge in [-0.3, -0.25) is 10.1 Å². The summed E-state index contributed by atoms with van der Waals surface area (Å²) in [7, 11) is -3.80. The monoisotopic (exact) mass is 364 g/mol. The summed E-state index contributed by atoms with van der Waals surface area (Å²) in [4.78, 5) is -0.121. The Kier molecular flexibility index (Phi) is 5.12. The highest BCUT2D eigenvalue weighted by atomic mass is 32.2. The van der Waals surface area contributed by atoms with Gasteiger partial charge in [0.15, 0.2) is 11.5 Å². The molecule has 0 saturated heterocycles. The molecule has 24 heavy (non-hydrogen) atoms. The van der Waals surface area contributed by atoms with E-state index in [0.29, 0.717) is 11.4 Å². The summed E-state index contributed by atoms with van der Waals surface area (Å²) >= 11 is 4.65. The van der Waals surface area contributed by atoms with Crippen LogP contribution in [0.15, 0.2) is 44.9 Å². The van der Waals surface area contributed by atoms with Gasteiger partial charge in [-0.15, -0.1) is 0 Å². The molecule has 2 aromatic rings. The minimum atomic E-state index is -3.80. The lowest BCUT2D eigenvalue weighted by atomic mass is 10.3. The van der Waals surface area contributed by atoms with E-state index in [-0.39, 0.29) is 21.4 Å². The Balaban J connectivity index is 2.14. The fourth-order valence-corrected chi connectivity index (χ4v) is 2.65. The standard InChI is InChI=1S/C13H12N6O3S2/c1-8-6-12(18-22-8)19-24(20,21)10-4-2-9(3-5-10)16-17-11(7-14)13(15)23/h2-6,16H,1H3,(H2,15,23)(H,18,19)/b17-11+. The van der Waals surface area contributed by atoms with E-state index in [4.69, 9.17) is 15.5 Å². The fourth-order valence-electron chi connectivity index (χ4n) is 1.58. The Bertz CT molecular complexity index is 925. The molecule has 11 heteroatoms. The minimum Gasteiger partial charge on any atom is -0.387 e. The van der Waals surface area contributed by atoms with Gasteiger partial charge in [0, 0.05) is 6.07 Å². The van der Waals surface area contributed by atoms with Crippen LogP contribution >= 0.6 is 12.2 Å². The van der Waals surface area contributed by atoms with Gasteiger partial charge in [-0.25, -0.2) is 8.42 Å². The summed E-state index contributed by atoms with van der Waals surface area (Å²) < 4.78 is 31.5. The number of nitrogens with two attached hydrogens (primary N) is 1. The maximum Gasteiger partial charge on any atom is 0.263 e. The third-order valence-corrected chi connectivity index (χ3v) is 4.23. The number of rotatable bonds is 6. The van der Waals surface area contributed by atoms with Crippen LogP contribution in [-0.4, -0.2) is 24.3 Å². The molecular formula is C13H12N6O3S2. The van der Waals surface area contributed by atoms with Gasteiger partial charge in [-0.1, -0.05) is 17.4 Å². The number of thiocarbonyl (C=S) groups is 1. The first-order valence-corrected chi connectivity index (χ1v) is 8.31. The highest BCUT2D eigenvalue weighted by molar-refractivity contribution is 7.92. The first-order valence-electron chi connectivity index (χ1n) is 6.41. The molecule has 0 unspecified atom stereocenters. The summed E-state index contributed by atoms with van der Waals surface area (Å²) in [6.07, 6.45) is 0. The van der Waals surface area contributed by atoms with Gasteiger partial charge in [0.1, 0.15) is 16.8 Å². The van der Waals surface area contributed by atoms with E-state index in [0.717, 1.165) is 0 Å². The smallest absolute Gasteiger partial charge is 0.263 e.